The second-order valence-electron chi connectivity index (χ2n) is 5.10. The van der Waals surface area contributed by atoms with Crippen molar-refractivity contribution in [3.63, 3.8) is 0 Å². The Morgan fingerprint density at radius 2 is 2.10 bits per heavy atom. The highest BCUT2D eigenvalue weighted by Crippen LogP contribution is 2.31. The third-order valence-electron chi connectivity index (χ3n) is 2.88. The van der Waals surface area contributed by atoms with Gasteiger partial charge in [-0.15, -0.1) is 0 Å². The van der Waals surface area contributed by atoms with Crippen LogP contribution in [0.25, 0.3) is 0 Å². The highest BCUT2D eigenvalue weighted by atomic mass is 16.6. The standard InChI is InChI=1S/C12H20N4O4/c1-12(2,5-6-19-3)7-13-10-9(16(17)18)11(20-4)15-8-14-10/h8H,5-7H2,1-4H3,(H,13,14,15). The predicted octanol–water partition coefficient (Wildman–Crippen LogP) is 1.87. The molecule has 0 fully saturated rings. The van der Waals surface area contributed by atoms with Gasteiger partial charge >= 0.3 is 5.69 Å². The molecule has 8 nitrogen and oxygen atoms in total. The summed E-state index contributed by atoms with van der Waals surface area (Å²) < 4.78 is 9.94. The quantitative estimate of drug-likeness (QED) is 0.574. The molecule has 0 radical (unpaired) electrons. The first-order chi connectivity index (χ1) is 9.41. The van der Waals surface area contributed by atoms with E-state index in [2.05, 4.69) is 15.3 Å². The number of methoxy groups -OCH3 is 2. The summed E-state index contributed by atoms with van der Waals surface area (Å²) in [7, 11) is 2.98. The predicted molar refractivity (Wildman–Crippen MR) is 74.0 cm³/mol. The van der Waals surface area contributed by atoms with E-state index >= 15 is 0 Å². The van der Waals surface area contributed by atoms with Gasteiger partial charge in [-0.3, -0.25) is 10.1 Å². The van der Waals surface area contributed by atoms with Crippen LogP contribution in [0.5, 0.6) is 5.88 Å². The minimum atomic E-state index is -0.552. The Morgan fingerprint density at radius 3 is 2.65 bits per heavy atom. The number of aromatic nitrogens is 2. The number of anilines is 1. The summed E-state index contributed by atoms with van der Waals surface area (Å²) in [5.74, 6) is 0.106. The lowest BCUT2D eigenvalue weighted by Crippen LogP contribution is -2.25. The molecule has 20 heavy (non-hydrogen) atoms. The van der Waals surface area contributed by atoms with Gasteiger partial charge in [0.05, 0.1) is 12.0 Å². The average molecular weight is 284 g/mol. The zero-order valence-electron chi connectivity index (χ0n) is 12.2. The van der Waals surface area contributed by atoms with Crippen molar-refractivity contribution >= 4 is 11.5 Å². The summed E-state index contributed by atoms with van der Waals surface area (Å²) >= 11 is 0. The van der Waals surface area contributed by atoms with E-state index in [-0.39, 0.29) is 22.8 Å². The fourth-order valence-electron chi connectivity index (χ4n) is 1.60. The first-order valence-corrected chi connectivity index (χ1v) is 6.17. The normalized spacial score (nSPS) is 11.2. The molecule has 112 valence electrons. The fraction of sp³-hybridized carbons (Fsp3) is 0.667. The maximum atomic E-state index is 11.1. The Morgan fingerprint density at radius 1 is 1.40 bits per heavy atom. The van der Waals surface area contributed by atoms with Crippen LogP contribution in [-0.2, 0) is 4.74 Å². The molecule has 8 heteroatoms. The molecule has 1 aromatic rings. The molecule has 0 aliphatic carbocycles. The van der Waals surface area contributed by atoms with E-state index in [9.17, 15) is 10.1 Å². The van der Waals surface area contributed by atoms with Crippen molar-refractivity contribution in [2.24, 2.45) is 5.41 Å². The average Bonchev–Trinajstić information content (AvgIpc) is 2.42. The monoisotopic (exact) mass is 284 g/mol. The highest BCUT2D eigenvalue weighted by Gasteiger charge is 2.25. The van der Waals surface area contributed by atoms with Crippen LogP contribution < -0.4 is 10.1 Å². The third kappa shape index (κ3) is 4.30. The number of nitro groups is 1. The van der Waals surface area contributed by atoms with Crippen LogP contribution in [0.4, 0.5) is 11.5 Å². The molecule has 0 unspecified atom stereocenters. The van der Waals surface area contributed by atoms with E-state index in [1.165, 1.54) is 13.4 Å². The number of hydrogen-bond acceptors (Lipinski definition) is 7. The zero-order chi connectivity index (χ0) is 15.2. The van der Waals surface area contributed by atoms with E-state index < -0.39 is 4.92 Å². The SMILES string of the molecule is COCCC(C)(C)CNc1ncnc(OC)c1[N+](=O)[O-]. The molecule has 1 N–H and O–H groups in total. The first-order valence-electron chi connectivity index (χ1n) is 6.17. The zero-order valence-corrected chi connectivity index (χ0v) is 12.2. The lowest BCUT2D eigenvalue weighted by Gasteiger charge is -2.24. The largest absolute Gasteiger partial charge is 0.476 e. The number of hydrogen-bond donors (Lipinski definition) is 1. The molecular weight excluding hydrogens is 264 g/mol. The Balaban J connectivity index is 2.85. The molecule has 0 spiro atoms. The summed E-state index contributed by atoms with van der Waals surface area (Å²) in [4.78, 5) is 18.2. The molecule has 1 rings (SSSR count). The van der Waals surface area contributed by atoms with Crippen LogP contribution in [0.2, 0.25) is 0 Å². The number of ether oxygens (including phenoxy) is 2. The van der Waals surface area contributed by atoms with Crippen LogP contribution in [0.1, 0.15) is 20.3 Å². The number of nitrogens with one attached hydrogen (secondary N) is 1. The molecule has 0 aliphatic rings. The van der Waals surface area contributed by atoms with Crippen LogP contribution in [0.3, 0.4) is 0 Å². The molecule has 0 amide bonds. The minimum absolute atomic E-state index is 0.0535. The Bertz CT molecular complexity index is 465. The van der Waals surface area contributed by atoms with Gasteiger partial charge in [0.2, 0.25) is 5.82 Å². The second kappa shape index (κ2) is 6.99. The Kier molecular flexibility index (Phi) is 5.63. The van der Waals surface area contributed by atoms with Gasteiger partial charge in [-0.25, -0.2) is 4.98 Å². The van der Waals surface area contributed by atoms with Crippen molar-refractivity contribution < 1.29 is 14.4 Å². The lowest BCUT2D eigenvalue weighted by atomic mass is 9.90. The van der Waals surface area contributed by atoms with Crippen LogP contribution in [0.15, 0.2) is 6.33 Å². The summed E-state index contributed by atoms with van der Waals surface area (Å²) in [5, 5.41) is 14.1. The number of rotatable bonds is 8. The topological polar surface area (TPSA) is 99.4 Å². The van der Waals surface area contributed by atoms with Gasteiger partial charge in [-0.05, 0) is 11.8 Å². The van der Waals surface area contributed by atoms with Gasteiger partial charge in [-0.1, -0.05) is 13.8 Å². The van der Waals surface area contributed by atoms with Gasteiger partial charge in [-0.2, -0.15) is 4.98 Å². The summed E-state index contributed by atoms with van der Waals surface area (Å²) in [6.45, 7) is 5.24. The van der Waals surface area contributed by atoms with E-state index in [4.69, 9.17) is 9.47 Å². The van der Waals surface area contributed by atoms with Crippen molar-refractivity contribution in [2.75, 3.05) is 32.7 Å². The lowest BCUT2D eigenvalue weighted by molar-refractivity contribution is -0.385. The third-order valence-corrected chi connectivity index (χ3v) is 2.88. The van der Waals surface area contributed by atoms with Gasteiger partial charge in [0, 0.05) is 20.3 Å². The van der Waals surface area contributed by atoms with E-state index in [1.54, 1.807) is 7.11 Å². The van der Waals surface area contributed by atoms with Crippen LogP contribution in [0, 0.1) is 15.5 Å². The number of nitrogens with zero attached hydrogens (tertiary/aromatic N) is 3. The fourth-order valence-corrected chi connectivity index (χ4v) is 1.60. The molecule has 1 heterocycles. The molecular formula is C12H20N4O4. The van der Waals surface area contributed by atoms with E-state index in [1.807, 2.05) is 13.8 Å². The van der Waals surface area contributed by atoms with Crippen LogP contribution in [-0.4, -0.2) is 42.3 Å². The molecule has 1 aromatic heterocycles. The summed E-state index contributed by atoms with van der Waals surface area (Å²) in [5.41, 5.74) is -0.334. The maximum Gasteiger partial charge on any atom is 0.372 e. The van der Waals surface area contributed by atoms with E-state index in [0.29, 0.717) is 13.2 Å². The molecule has 0 aromatic carbocycles. The Labute approximate surface area is 117 Å². The van der Waals surface area contributed by atoms with E-state index in [0.717, 1.165) is 6.42 Å². The first kappa shape index (κ1) is 16.1. The van der Waals surface area contributed by atoms with Crippen molar-refractivity contribution in [1.29, 1.82) is 0 Å². The Hall–Kier alpha value is -1.96. The van der Waals surface area contributed by atoms with Crippen molar-refractivity contribution in [1.82, 2.24) is 9.97 Å². The van der Waals surface area contributed by atoms with Gasteiger partial charge in [0.1, 0.15) is 6.33 Å². The summed E-state index contributed by atoms with van der Waals surface area (Å²) in [6, 6.07) is 0. The van der Waals surface area contributed by atoms with Crippen molar-refractivity contribution in [2.45, 2.75) is 20.3 Å². The highest BCUT2D eigenvalue weighted by molar-refractivity contribution is 5.61. The molecule has 0 saturated carbocycles. The van der Waals surface area contributed by atoms with Gasteiger partial charge in [0.25, 0.3) is 5.88 Å². The summed E-state index contributed by atoms with van der Waals surface area (Å²) in [6.07, 6.45) is 2.06. The van der Waals surface area contributed by atoms with Gasteiger partial charge < -0.3 is 14.8 Å². The van der Waals surface area contributed by atoms with Crippen LogP contribution >= 0.6 is 0 Å². The van der Waals surface area contributed by atoms with Crippen molar-refractivity contribution in [3.8, 4) is 5.88 Å². The molecule has 0 aliphatic heterocycles. The minimum Gasteiger partial charge on any atom is -0.476 e. The molecule has 0 bridgehead atoms. The molecule has 0 atom stereocenters. The second-order valence-corrected chi connectivity index (χ2v) is 5.10. The maximum absolute atomic E-state index is 11.1. The van der Waals surface area contributed by atoms with Gasteiger partial charge in [0.15, 0.2) is 0 Å². The smallest absolute Gasteiger partial charge is 0.372 e. The van der Waals surface area contributed by atoms with Crippen molar-refractivity contribution in [3.05, 3.63) is 16.4 Å². The molecule has 0 saturated heterocycles.